The molecule has 4 nitrogen and oxygen atoms in total. The molecule has 3 aliphatic rings. The van der Waals surface area contributed by atoms with E-state index in [2.05, 4.69) is 16.8 Å². The minimum Gasteiger partial charge on any atom is -0.381 e. The average Bonchev–Trinajstić information content (AvgIpc) is 2.38. The van der Waals surface area contributed by atoms with E-state index in [1.807, 2.05) is 0 Å². The van der Waals surface area contributed by atoms with Crippen LogP contribution in [-0.4, -0.2) is 61.1 Å². The number of rotatable bonds is 2. The van der Waals surface area contributed by atoms with Gasteiger partial charge >= 0.3 is 0 Å². The lowest BCUT2D eigenvalue weighted by atomic mass is 9.81. The van der Waals surface area contributed by atoms with Crippen molar-refractivity contribution < 1.29 is 9.53 Å². The summed E-state index contributed by atoms with van der Waals surface area (Å²) in [5, 5.41) is 0. The second-order valence-corrected chi connectivity index (χ2v) is 6.22. The maximum atomic E-state index is 12.6. The molecule has 2 atom stereocenters. The van der Waals surface area contributed by atoms with Crippen LogP contribution in [-0.2, 0) is 9.53 Å². The van der Waals surface area contributed by atoms with Gasteiger partial charge < -0.3 is 14.5 Å². The molecule has 2 saturated heterocycles. The third kappa shape index (κ3) is 2.05. The molecule has 2 heterocycles. The molecule has 1 amide bonds. The van der Waals surface area contributed by atoms with Crippen LogP contribution in [0.15, 0.2) is 0 Å². The van der Waals surface area contributed by atoms with Gasteiger partial charge in [0.2, 0.25) is 5.91 Å². The Kier molecular flexibility index (Phi) is 3.32. The summed E-state index contributed by atoms with van der Waals surface area (Å²) < 4.78 is 5.38. The van der Waals surface area contributed by atoms with Crippen LogP contribution in [0.25, 0.3) is 0 Å². The van der Waals surface area contributed by atoms with Crippen LogP contribution in [0.2, 0.25) is 0 Å². The number of methoxy groups -OCH3 is 1. The molecule has 0 N–H and O–H groups in total. The van der Waals surface area contributed by atoms with E-state index < -0.39 is 0 Å². The van der Waals surface area contributed by atoms with Crippen LogP contribution in [0.5, 0.6) is 0 Å². The molecule has 2 aliphatic heterocycles. The Morgan fingerprint density at radius 2 is 1.72 bits per heavy atom. The number of fused-ring (bicyclic) bond motifs is 2. The van der Waals surface area contributed by atoms with Crippen LogP contribution in [0.3, 0.4) is 0 Å². The van der Waals surface area contributed by atoms with E-state index in [-0.39, 0.29) is 5.92 Å². The molecular formula is C14H24N2O2. The summed E-state index contributed by atoms with van der Waals surface area (Å²) >= 11 is 0. The number of nitrogens with zero attached hydrogens (tertiary/aromatic N) is 2. The van der Waals surface area contributed by atoms with E-state index in [9.17, 15) is 4.79 Å². The fourth-order valence-corrected chi connectivity index (χ4v) is 3.94. The zero-order valence-corrected chi connectivity index (χ0v) is 11.5. The van der Waals surface area contributed by atoms with Crippen molar-refractivity contribution in [2.45, 2.75) is 50.3 Å². The molecule has 1 saturated carbocycles. The SMILES string of the molecule is COC1CCC(C(=O)N2C3CC2CN(C)C3)CC1. The number of likely N-dealkylation sites (N-methyl/N-ethyl adjacent to an activating group) is 1. The van der Waals surface area contributed by atoms with Crippen molar-refractivity contribution >= 4 is 5.91 Å². The lowest BCUT2D eigenvalue weighted by Gasteiger charge is -2.56. The molecule has 102 valence electrons. The van der Waals surface area contributed by atoms with Gasteiger partial charge in [0.15, 0.2) is 0 Å². The van der Waals surface area contributed by atoms with Crippen molar-refractivity contribution in [3.8, 4) is 0 Å². The molecule has 2 bridgehead atoms. The number of ether oxygens (including phenoxy) is 1. The monoisotopic (exact) mass is 252 g/mol. The third-order valence-electron chi connectivity index (χ3n) is 4.99. The third-order valence-corrected chi connectivity index (χ3v) is 4.99. The van der Waals surface area contributed by atoms with Gasteiger partial charge in [-0.2, -0.15) is 0 Å². The Morgan fingerprint density at radius 3 is 2.28 bits per heavy atom. The topological polar surface area (TPSA) is 32.8 Å². The molecule has 0 aromatic carbocycles. The minimum atomic E-state index is 0.269. The van der Waals surface area contributed by atoms with Crippen LogP contribution >= 0.6 is 0 Å². The van der Waals surface area contributed by atoms with Gasteiger partial charge in [-0.3, -0.25) is 4.79 Å². The van der Waals surface area contributed by atoms with Crippen molar-refractivity contribution in [2.24, 2.45) is 5.92 Å². The first-order valence-corrected chi connectivity index (χ1v) is 7.22. The smallest absolute Gasteiger partial charge is 0.226 e. The fourth-order valence-electron chi connectivity index (χ4n) is 3.94. The first-order valence-electron chi connectivity index (χ1n) is 7.22. The molecule has 18 heavy (non-hydrogen) atoms. The average molecular weight is 252 g/mol. The molecule has 0 radical (unpaired) electrons. The van der Waals surface area contributed by atoms with Crippen LogP contribution in [0, 0.1) is 5.92 Å². The van der Waals surface area contributed by atoms with Gasteiger partial charge in [-0.15, -0.1) is 0 Å². The number of hydrogen-bond acceptors (Lipinski definition) is 3. The van der Waals surface area contributed by atoms with Crippen LogP contribution in [0.1, 0.15) is 32.1 Å². The van der Waals surface area contributed by atoms with Crippen molar-refractivity contribution in [3.63, 3.8) is 0 Å². The standard InChI is InChI=1S/C14H24N2O2/c1-15-8-11-7-12(9-15)16(11)14(17)10-3-5-13(18-2)6-4-10/h10-13H,3-9H2,1-2H3. The predicted octanol–water partition coefficient (Wildman–Crippen LogP) is 1.11. The number of carbonyl (C=O) groups is 1. The van der Waals surface area contributed by atoms with E-state index in [1.54, 1.807) is 7.11 Å². The summed E-state index contributed by atoms with van der Waals surface area (Å²) in [5.74, 6) is 0.698. The molecule has 3 rings (SSSR count). The van der Waals surface area contributed by atoms with Crippen molar-refractivity contribution in [3.05, 3.63) is 0 Å². The molecule has 2 unspecified atom stereocenters. The number of carbonyl (C=O) groups excluding carboxylic acids is 1. The van der Waals surface area contributed by atoms with Gasteiger partial charge in [-0.1, -0.05) is 0 Å². The molecule has 0 spiro atoms. The largest absolute Gasteiger partial charge is 0.381 e. The number of hydrogen-bond donors (Lipinski definition) is 0. The predicted molar refractivity (Wildman–Crippen MR) is 69.3 cm³/mol. The summed E-state index contributed by atoms with van der Waals surface area (Å²) in [6.07, 6.45) is 5.75. The maximum Gasteiger partial charge on any atom is 0.226 e. The first kappa shape index (κ1) is 12.4. The van der Waals surface area contributed by atoms with Crippen molar-refractivity contribution in [1.29, 1.82) is 0 Å². The Bertz CT molecular complexity index is 314. The van der Waals surface area contributed by atoms with Crippen LogP contribution < -0.4 is 0 Å². The van der Waals surface area contributed by atoms with Gasteiger partial charge in [-0.05, 0) is 39.2 Å². The summed E-state index contributed by atoms with van der Waals surface area (Å²) in [5.41, 5.74) is 0. The summed E-state index contributed by atoms with van der Waals surface area (Å²) in [7, 11) is 3.94. The second kappa shape index (κ2) is 4.82. The van der Waals surface area contributed by atoms with Crippen molar-refractivity contribution in [1.82, 2.24) is 9.80 Å². The van der Waals surface area contributed by atoms with E-state index in [0.717, 1.165) is 38.8 Å². The first-order chi connectivity index (χ1) is 8.69. The molecule has 4 heteroatoms. The van der Waals surface area contributed by atoms with Gasteiger partial charge in [0, 0.05) is 38.2 Å². The lowest BCUT2D eigenvalue weighted by molar-refractivity contribution is -0.159. The lowest BCUT2D eigenvalue weighted by Crippen LogP contribution is -2.70. The van der Waals surface area contributed by atoms with Gasteiger partial charge in [0.05, 0.1) is 6.10 Å². The normalized spacial score (nSPS) is 40.4. The molecular weight excluding hydrogens is 228 g/mol. The fraction of sp³-hybridized carbons (Fsp3) is 0.929. The van der Waals surface area contributed by atoms with Gasteiger partial charge in [0.25, 0.3) is 0 Å². The van der Waals surface area contributed by atoms with E-state index in [0.29, 0.717) is 24.1 Å². The van der Waals surface area contributed by atoms with E-state index >= 15 is 0 Å². The Labute approximate surface area is 109 Å². The summed E-state index contributed by atoms with van der Waals surface area (Å²) in [6.45, 7) is 2.13. The highest BCUT2D eigenvalue weighted by Gasteiger charge is 2.47. The highest BCUT2D eigenvalue weighted by atomic mass is 16.5. The second-order valence-electron chi connectivity index (χ2n) is 6.22. The number of amides is 1. The number of piperazine rings is 1. The highest BCUT2D eigenvalue weighted by molar-refractivity contribution is 5.80. The molecule has 1 aliphatic carbocycles. The zero-order valence-electron chi connectivity index (χ0n) is 11.5. The maximum absolute atomic E-state index is 12.6. The quantitative estimate of drug-likeness (QED) is 0.738. The summed E-state index contributed by atoms with van der Waals surface area (Å²) in [4.78, 5) is 17.1. The molecule has 0 aromatic heterocycles. The Balaban J connectivity index is 1.56. The van der Waals surface area contributed by atoms with Crippen LogP contribution in [0.4, 0.5) is 0 Å². The number of piperidine rings is 1. The highest BCUT2D eigenvalue weighted by Crippen LogP contribution is 2.36. The summed E-state index contributed by atoms with van der Waals surface area (Å²) in [6, 6.07) is 1.00. The van der Waals surface area contributed by atoms with E-state index in [1.165, 1.54) is 6.42 Å². The van der Waals surface area contributed by atoms with E-state index in [4.69, 9.17) is 4.74 Å². The Hall–Kier alpha value is -0.610. The van der Waals surface area contributed by atoms with Gasteiger partial charge in [-0.25, -0.2) is 0 Å². The molecule has 3 fully saturated rings. The number of likely N-dealkylation sites (tertiary alicyclic amines) is 2. The zero-order chi connectivity index (χ0) is 12.7. The minimum absolute atomic E-state index is 0.269. The van der Waals surface area contributed by atoms with Gasteiger partial charge in [0.1, 0.15) is 0 Å². The molecule has 0 aromatic rings. The Morgan fingerprint density at radius 1 is 1.11 bits per heavy atom. The van der Waals surface area contributed by atoms with Crippen molar-refractivity contribution in [2.75, 3.05) is 27.2 Å².